The minimum atomic E-state index is -0.0671. The lowest BCUT2D eigenvalue weighted by atomic mass is 10.2. The Kier molecular flexibility index (Phi) is 2.68. The molecule has 2 aliphatic rings. The number of ether oxygens (including phenoxy) is 2. The van der Waals surface area contributed by atoms with Crippen molar-refractivity contribution < 1.29 is 19.1 Å². The van der Waals surface area contributed by atoms with Crippen LogP contribution in [0.3, 0.4) is 0 Å². The number of hydrogen-bond acceptors (Lipinski definition) is 4. The van der Waals surface area contributed by atoms with E-state index in [0.717, 1.165) is 0 Å². The molecule has 2 atom stereocenters. The molecule has 0 aliphatic carbocycles. The normalized spacial score (nSPS) is 31.5. The lowest BCUT2D eigenvalue weighted by Gasteiger charge is -2.20. The van der Waals surface area contributed by atoms with Crippen molar-refractivity contribution in [1.82, 2.24) is 0 Å². The largest absolute Gasteiger partial charge is 0.462 e. The van der Waals surface area contributed by atoms with Crippen LogP contribution in [-0.2, 0) is 19.1 Å². The first-order chi connectivity index (χ1) is 5.58. The van der Waals surface area contributed by atoms with Crippen LogP contribution < -0.4 is 0 Å². The molecule has 4 nitrogen and oxygen atoms in total. The summed E-state index contributed by atoms with van der Waals surface area (Å²) >= 11 is 0. The smallest absolute Gasteiger partial charge is 0.309 e. The summed E-state index contributed by atoms with van der Waals surface area (Å²) in [7, 11) is 0. The van der Waals surface area contributed by atoms with Gasteiger partial charge in [0.15, 0.2) is 0 Å². The first-order valence-electron chi connectivity index (χ1n) is 3.97. The molecule has 0 amide bonds. The van der Waals surface area contributed by atoms with E-state index in [0.29, 0.717) is 12.8 Å². The van der Waals surface area contributed by atoms with Gasteiger partial charge in [-0.2, -0.15) is 0 Å². The molecule has 2 fully saturated rings. The maximum absolute atomic E-state index is 9.89. The molecule has 2 saturated heterocycles. The molecule has 2 unspecified atom stereocenters. The lowest BCUT2D eigenvalue weighted by Crippen LogP contribution is -2.29. The standard InChI is InChI=1S/2C4H6O2/c2*1-3-2-4(5)6-3/h2*3H,2H2,1H3. The summed E-state index contributed by atoms with van der Waals surface area (Å²) in [5.74, 6) is -0.134. The monoisotopic (exact) mass is 172 g/mol. The zero-order chi connectivity index (χ0) is 9.14. The zero-order valence-electron chi connectivity index (χ0n) is 7.20. The summed E-state index contributed by atoms with van der Waals surface area (Å²) in [6.45, 7) is 3.75. The maximum Gasteiger partial charge on any atom is 0.309 e. The molecule has 2 rings (SSSR count). The third kappa shape index (κ3) is 2.53. The van der Waals surface area contributed by atoms with Gasteiger partial charge in [-0.05, 0) is 13.8 Å². The predicted molar refractivity (Wildman–Crippen MR) is 40.3 cm³/mol. The van der Waals surface area contributed by atoms with Gasteiger partial charge in [-0.3, -0.25) is 9.59 Å². The molecule has 0 spiro atoms. The van der Waals surface area contributed by atoms with Crippen molar-refractivity contribution in [3.8, 4) is 0 Å². The topological polar surface area (TPSA) is 52.6 Å². The van der Waals surface area contributed by atoms with Gasteiger partial charge in [-0.15, -0.1) is 0 Å². The molecule has 2 heterocycles. The summed E-state index contributed by atoms with van der Waals surface area (Å²) in [6, 6.07) is 0. The van der Waals surface area contributed by atoms with Crippen molar-refractivity contribution >= 4 is 11.9 Å². The minimum Gasteiger partial charge on any atom is -0.462 e. The summed E-state index contributed by atoms with van der Waals surface area (Å²) in [6.07, 6.45) is 1.61. The number of esters is 2. The van der Waals surface area contributed by atoms with Crippen molar-refractivity contribution in [1.29, 1.82) is 0 Å². The number of hydrogen-bond donors (Lipinski definition) is 0. The number of rotatable bonds is 0. The van der Waals surface area contributed by atoms with E-state index in [2.05, 4.69) is 9.47 Å². The van der Waals surface area contributed by atoms with E-state index in [1.54, 1.807) is 0 Å². The fraction of sp³-hybridized carbons (Fsp3) is 0.750. The summed E-state index contributed by atoms with van der Waals surface area (Å²) in [5, 5.41) is 0. The highest BCUT2D eigenvalue weighted by molar-refractivity contribution is 5.75. The maximum atomic E-state index is 9.89. The van der Waals surface area contributed by atoms with Crippen LogP contribution >= 0.6 is 0 Å². The van der Waals surface area contributed by atoms with Crippen molar-refractivity contribution in [3.05, 3.63) is 0 Å². The summed E-state index contributed by atoms with van der Waals surface area (Å²) < 4.78 is 9.00. The van der Waals surface area contributed by atoms with Crippen LogP contribution in [0, 0.1) is 0 Å². The highest BCUT2D eigenvalue weighted by Gasteiger charge is 2.22. The Morgan fingerprint density at radius 1 is 1.00 bits per heavy atom. The zero-order valence-corrected chi connectivity index (χ0v) is 7.20. The van der Waals surface area contributed by atoms with Crippen LogP contribution in [0.1, 0.15) is 26.7 Å². The van der Waals surface area contributed by atoms with E-state index in [1.165, 1.54) is 0 Å². The molecule has 68 valence electrons. The molecule has 0 aromatic heterocycles. The molecular formula is C8H12O4. The van der Waals surface area contributed by atoms with Crippen LogP contribution in [0.15, 0.2) is 0 Å². The minimum absolute atomic E-state index is 0.0671. The fourth-order valence-electron chi connectivity index (χ4n) is 0.899. The number of cyclic esters (lactones) is 2. The van der Waals surface area contributed by atoms with Crippen molar-refractivity contribution in [2.75, 3.05) is 0 Å². The van der Waals surface area contributed by atoms with E-state index in [1.807, 2.05) is 13.8 Å². The first kappa shape index (κ1) is 9.03. The van der Waals surface area contributed by atoms with Gasteiger partial charge in [-0.25, -0.2) is 0 Å². The highest BCUT2D eigenvalue weighted by Crippen LogP contribution is 2.10. The molecule has 0 aromatic rings. The third-order valence-corrected chi connectivity index (χ3v) is 1.57. The molecule has 0 aromatic carbocycles. The van der Waals surface area contributed by atoms with Crippen LogP contribution in [0.25, 0.3) is 0 Å². The Labute approximate surface area is 70.8 Å². The first-order valence-corrected chi connectivity index (χ1v) is 3.97. The van der Waals surface area contributed by atoms with Gasteiger partial charge in [0.1, 0.15) is 12.2 Å². The Morgan fingerprint density at radius 3 is 1.25 bits per heavy atom. The second-order valence-electron chi connectivity index (χ2n) is 3.01. The van der Waals surface area contributed by atoms with E-state index < -0.39 is 0 Å². The van der Waals surface area contributed by atoms with Gasteiger partial charge >= 0.3 is 11.9 Å². The van der Waals surface area contributed by atoms with Crippen LogP contribution in [0.5, 0.6) is 0 Å². The molecule has 0 radical (unpaired) electrons. The molecule has 0 saturated carbocycles. The van der Waals surface area contributed by atoms with E-state index in [-0.39, 0.29) is 24.1 Å². The quantitative estimate of drug-likeness (QED) is 0.503. The van der Waals surface area contributed by atoms with E-state index in [9.17, 15) is 9.59 Å². The molecule has 2 aliphatic heterocycles. The highest BCUT2D eigenvalue weighted by atomic mass is 16.6. The Hall–Kier alpha value is -1.06. The van der Waals surface area contributed by atoms with Gasteiger partial charge in [0, 0.05) is 0 Å². The molecule has 0 N–H and O–H groups in total. The number of carbonyl (C=O) groups excluding carboxylic acids is 2. The molecule has 12 heavy (non-hydrogen) atoms. The van der Waals surface area contributed by atoms with Gasteiger partial charge in [-0.1, -0.05) is 0 Å². The van der Waals surface area contributed by atoms with Gasteiger partial charge < -0.3 is 9.47 Å². The molecule has 0 bridgehead atoms. The molecular weight excluding hydrogens is 160 g/mol. The van der Waals surface area contributed by atoms with E-state index in [4.69, 9.17) is 0 Å². The fourth-order valence-corrected chi connectivity index (χ4v) is 0.899. The lowest BCUT2D eigenvalue weighted by molar-refractivity contribution is -0.168. The average molecular weight is 172 g/mol. The predicted octanol–water partition coefficient (Wildman–Crippen LogP) is 0.644. The summed E-state index contributed by atoms with van der Waals surface area (Å²) in [5.41, 5.74) is 0. The average Bonchev–Trinajstić information content (AvgIpc) is 1.84. The molecule has 4 heteroatoms. The van der Waals surface area contributed by atoms with Crippen LogP contribution in [0.2, 0.25) is 0 Å². The Balaban J connectivity index is 0.000000120. The number of carbonyl (C=O) groups is 2. The van der Waals surface area contributed by atoms with Gasteiger partial charge in [0.25, 0.3) is 0 Å². The van der Waals surface area contributed by atoms with Gasteiger partial charge in [0.05, 0.1) is 12.8 Å². The Bertz CT molecular complexity index is 161. The van der Waals surface area contributed by atoms with Crippen molar-refractivity contribution in [3.63, 3.8) is 0 Å². The third-order valence-electron chi connectivity index (χ3n) is 1.57. The van der Waals surface area contributed by atoms with Crippen molar-refractivity contribution in [2.45, 2.75) is 38.9 Å². The van der Waals surface area contributed by atoms with Gasteiger partial charge in [0.2, 0.25) is 0 Å². The summed E-state index contributed by atoms with van der Waals surface area (Å²) in [4.78, 5) is 19.8. The second kappa shape index (κ2) is 3.56. The SMILES string of the molecule is CC1CC(=O)O1.CC1CC(=O)O1. The van der Waals surface area contributed by atoms with Crippen LogP contribution in [-0.4, -0.2) is 24.1 Å². The van der Waals surface area contributed by atoms with Crippen LogP contribution in [0.4, 0.5) is 0 Å². The van der Waals surface area contributed by atoms with Crippen molar-refractivity contribution in [2.24, 2.45) is 0 Å². The Morgan fingerprint density at radius 2 is 1.25 bits per heavy atom. The van der Waals surface area contributed by atoms with E-state index >= 15 is 0 Å². The second-order valence-corrected chi connectivity index (χ2v) is 3.01.